The number of esters is 1. The quantitative estimate of drug-likeness (QED) is 0.727. The maximum atomic E-state index is 12.9. The summed E-state index contributed by atoms with van der Waals surface area (Å²) in [5, 5.41) is 4.55. The highest BCUT2D eigenvalue weighted by Gasteiger charge is 2.09. The van der Waals surface area contributed by atoms with Crippen molar-refractivity contribution in [1.29, 1.82) is 0 Å². The molecule has 0 aliphatic rings. The number of ether oxygens (including phenoxy) is 1. The van der Waals surface area contributed by atoms with Gasteiger partial charge in [-0.3, -0.25) is 14.4 Å². The van der Waals surface area contributed by atoms with Gasteiger partial charge in [0, 0.05) is 5.56 Å². The Hall–Kier alpha value is -2.44. The van der Waals surface area contributed by atoms with E-state index in [9.17, 15) is 18.8 Å². The predicted molar refractivity (Wildman–Crippen MR) is 63.8 cm³/mol. The van der Waals surface area contributed by atoms with Crippen molar-refractivity contribution in [2.24, 2.45) is 0 Å². The second kappa shape index (κ2) is 7.10. The van der Waals surface area contributed by atoms with Crippen molar-refractivity contribution in [3.63, 3.8) is 0 Å². The molecule has 0 aliphatic heterocycles. The van der Waals surface area contributed by atoms with Gasteiger partial charge >= 0.3 is 5.97 Å². The molecule has 0 atom stereocenters. The van der Waals surface area contributed by atoms with E-state index in [0.717, 1.165) is 6.07 Å². The Balaban J connectivity index is 2.38. The highest BCUT2D eigenvalue weighted by molar-refractivity contribution is 5.96. The highest BCUT2D eigenvalue weighted by atomic mass is 19.1. The van der Waals surface area contributed by atoms with Crippen LogP contribution in [0.2, 0.25) is 0 Å². The molecule has 0 radical (unpaired) electrons. The molecule has 19 heavy (non-hydrogen) atoms. The second-order valence-electron chi connectivity index (χ2n) is 3.55. The molecule has 0 fully saturated rings. The first kappa shape index (κ1) is 14.6. The second-order valence-corrected chi connectivity index (χ2v) is 3.55. The van der Waals surface area contributed by atoms with Crippen LogP contribution in [0.3, 0.4) is 0 Å². The Bertz CT molecular complexity index is 490. The fourth-order valence-corrected chi connectivity index (χ4v) is 1.20. The summed E-state index contributed by atoms with van der Waals surface area (Å²) in [4.78, 5) is 33.6. The standard InChI is InChI=1S/C12H13FN2O4/c1-19-11(17)7-14-10(16)6-15-12(18)8-3-2-4-9(13)5-8/h2-5H,6-7H2,1H3,(H,14,16)(H,15,18). The largest absolute Gasteiger partial charge is 0.468 e. The maximum absolute atomic E-state index is 12.9. The zero-order valence-electron chi connectivity index (χ0n) is 10.2. The number of rotatable bonds is 5. The Morgan fingerprint density at radius 3 is 2.58 bits per heavy atom. The van der Waals surface area contributed by atoms with Crippen LogP contribution in [-0.2, 0) is 14.3 Å². The zero-order chi connectivity index (χ0) is 14.3. The third-order valence-electron chi connectivity index (χ3n) is 2.15. The van der Waals surface area contributed by atoms with Crippen molar-refractivity contribution in [2.75, 3.05) is 20.2 Å². The first-order valence-corrected chi connectivity index (χ1v) is 5.40. The van der Waals surface area contributed by atoms with Gasteiger partial charge in [-0.2, -0.15) is 0 Å². The molecule has 6 nitrogen and oxygen atoms in total. The lowest BCUT2D eigenvalue weighted by atomic mass is 10.2. The number of hydrogen-bond donors (Lipinski definition) is 2. The van der Waals surface area contributed by atoms with Crippen molar-refractivity contribution in [3.8, 4) is 0 Å². The van der Waals surface area contributed by atoms with Gasteiger partial charge in [-0.15, -0.1) is 0 Å². The van der Waals surface area contributed by atoms with Gasteiger partial charge in [-0.25, -0.2) is 4.39 Å². The van der Waals surface area contributed by atoms with Crippen LogP contribution in [0.15, 0.2) is 24.3 Å². The topological polar surface area (TPSA) is 84.5 Å². The SMILES string of the molecule is COC(=O)CNC(=O)CNC(=O)c1cccc(F)c1. The van der Waals surface area contributed by atoms with Gasteiger partial charge in [0.15, 0.2) is 0 Å². The molecule has 0 saturated carbocycles. The lowest BCUT2D eigenvalue weighted by Gasteiger charge is -2.06. The van der Waals surface area contributed by atoms with Crippen molar-refractivity contribution in [2.45, 2.75) is 0 Å². The molecule has 7 heteroatoms. The molecule has 1 rings (SSSR count). The number of carbonyl (C=O) groups excluding carboxylic acids is 3. The zero-order valence-corrected chi connectivity index (χ0v) is 10.2. The molecule has 2 N–H and O–H groups in total. The van der Waals surface area contributed by atoms with Crippen LogP contribution in [-0.4, -0.2) is 38.0 Å². The Morgan fingerprint density at radius 2 is 1.95 bits per heavy atom. The van der Waals surface area contributed by atoms with E-state index in [1.807, 2.05) is 0 Å². The Kier molecular flexibility index (Phi) is 5.46. The normalized spacial score (nSPS) is 9.58. The van der Waals surface area contributed by atoms with Gasteiger partial charge in [0.2, 0.25) is 5.91 Å². The monoisotopic (exact) mass is 268 g/mol. The van der Waals surface area contributed by atoms with Crippen LogP contribution in [0, 0.1) is 5.82 Å². The van der Waals surface area contributed by atoms with E-state index in [1.165, 1.54) is 25.3 Å². The molecule has 0 spiro atoms. The highest BCUT2D eigenvalue weighted by Crippen LogP contribution is 2.02. The van der Waals surface area contributed by atoms with E-state index in [4.69, 9.17) is 0 Å². The summed E-state index contributed by atoms with van der Waals surface area (Å²) in [6.07, 6.45) is 0. The van der Waals surface area contributed by atoms with E-state index in [-0.39, 0.29) is 18.7 Å². The van der Waals surface area contributed by atoms with E-state index in [0.29, 0.717) is 0 Å². The molecular weight excluding hydrogens is 255 g/mol. The van der Waals surface area contributed by atoms with Gasteiger partial charge in [-0.05, 0) is 18.2 Å². The van der Waals surface area contributed by atoms with E-state index in [1.54, 1.807) is 0 Å². The van der Waals surface area contributed by atoms with E-state index < -0.39 is 23.6 Å². The van der Waals surface area contributed by atoms with E-state index in [2.05, 4.69) is 15.4 Å². The van der Waals surface area contributed by atoms with Crippen LogP contribution >= 0.6 is 0 Å². The molecule has 0 aromatic heterocycles. The molecule has 1 aromatic rings. The number of methoxy groups -OCH3 is 1. The lowest BCUT2D eigenvalue weighted by Crippen LogP contribution is -2.39. The molecule has 1 aromatic carbocycles. The van der Waals surface area contributed by atoms with Gasteiger partial charge in [-0.1, -0.05) is 6.07 Å². The molecule has 0 aliphatic carbocycles. The summed E-state index contributed by atoms with van der Waals surface area (Å²) in [6, 6.07) is 5.08. The summed E-state index contributed by atoms with van der Waals surface area (Å²) in [5.74, 6) is -2.25. The number of halogens is 1. The number of carbonyl (C=O) groups is 3. The van der Waals surface area contributed by atoms with Crippen LogP contribution in [0.4, 0.5) is 4.39 Å². The molecule has 0 saturated heterocycles. The number of nitrogens with one attached hydrogen (secondary N) is 2. The smallest absolute Gasteiger partial charge is 0.325 e. The van der Waals surface area contributed by atoms with Gasteiger partial charge in [0.1, 0.15) is 12.4 Å². The Labute approximate surface area is 108 Å². The van der Waals surface area contributed by atoms with Crippen molar-refractivity contribution < 1.29 is 23.5 Å². The number of amides is 2. The van der Waals surface area contributed by atoms with Gasteiger partial charge < -0.3 is 15.4 Å². The first-order chi connectivity index (χ1) is 9.02. The third kappa shape index (κ3) is 5.15. The summed E-state index contributed by atoms with van der Waals surface area (Å²) in [6.45, 7) is -0.586. The Morgan fingerprint density at radius 1 is 1.21 bits per heavy atom. The molecule has 0 bridgehead atoms. The molecular formula is C12H13FN2O4. The average molecular weight is 268 g/mol. The summed E-state index contributed by atoms with van der Waals surface area (Å²) < 4.78 is 17.2. The van der Waals surface area contributed by atoms with E-state index >= 15 is 0 Å². The molecule has 0 unspecified atom stereocenters. The fourth-order valence-electron chi connectivity index (χ4n) is 1.20. The summed E-state index contributed by atoms with van der Waals surface area (Å²) >= 11 is 0. The summed E-state index contributed by atoms with van der Waals surface area (Å²) in [7, 11) is 1.19. The third-order valence-corrected chi connectivity index (χ3v) is 2.15. The van der Waals surface area contributed by atoms with Gasteiger partial charge in [0.05, 0.1) is 13.7 Å². The molecule has 0 heterocycles. The van der Waals surface area contributed by atoms with Crippen molar-refractivity contribution in [3.05, 3.63) is 35.6 Å². The summed E-state index contributed by atoms with van der Waals surface area (Å²) in [5.41, 5.74) is 0.112. The van der Waals surface area contributed by atoms with Crippen LogP contribution in [0.1, 0.15) is 10.4 Å². The minimum atomic E-state index is -0.593. The average Bonchev–Trinajstić information content (AvgIpc) is 2.41. The minimum Gasteiger partial charge on any atom is -0.468 e. The predicted octanol–water partition coefficient (Wildman–Crippen LogP) is -0.155. The molecule has 2 amide bonds. The maximum Gasteiger partial charge on any atom is 0.325 e. The first-order valence-electron chi connectivity index (χ1n) is 5.40. The molecule has 102 valence electrons. The van der Waals surface area contributed by atoms with Gasteiger partial charge in [0.25, 0.3) is 5.91 Å². The number of benzene rings is 1. The van der Waals surface area contributed by atoms with Crippen LogP contribution in [0.25, 0.3) is 0 Å². The van der Waals surface area contributed by atoms with Crippen LogP contribution in [0.5, 0.6) is 0 Å². The number of hydrogen-bond acceptors (Lipinski definition) is 4. The van der Waals surface area contributed by atoms with Crippen molar-refractivity contribution >= 4 is 17.8 Å². The minimum absolute atomic E-state index is 0.112. The fraction of sp³-hybridized carbons (Fsp3) is 0.250. The van der Waals surface area contributed by atoms with Crippen molar-refractivity contribution in [1.82, 2.24) is 10.6 Å². The lowest BCUT2D eigenvalue weighted by molar-refractivity contribution is -0.141. The van der Waals surface area contributed by atoms with Crippen LogP contribution < -0.4 is 10.6 Å².